The fraction of sp³-hybridized carbons (Fsp3) is 0.312. The van der Waals surface area contributed by atoms with Gasteiger partial charge in [0, 0.05) is 12.5 Å². The van der Waals surface area contributed by atoms with E-state index in [0.29, 0.717) is 22.9 Å². The molecule has 2 N–H and O–H groups in total. The highest BCUT2D eigenvalue weighted by molar-refractivity contribution is 6.30. The van der Waals surface area contributed by atoms with Crippen molar-refractivity contribution in [1.29, 1.82) is 0 Å². The van der Waals surface area contributed by atoms with Crippen LogP contribution >= 0.6 is 11.6 Å². The molecule has 2 aromatic heterocycles. The molecule has 2 heterocycles. The number of aliphatic hydroxyl groups is 1. The lowest BCUT2D eigenvalue weighted by atomic mass is 10.1. The van der Waals surface area contributed by atoms with Crippen LogP contribution in [0.2, 0.25) is 5.02 Å². The average molecular weight is 348 g/mol. The Morgan fingerprint density at radius 2 is 2.12 bits per heavy atom. The molecule has 0 aliphatic heterocycles. The maximum Gasteiger partial charge on any atom is 0.178 e. The van der Waals surface area contributed by atoms with Crippen LogP contribution in [0.5, 0.6) is 0 Å². The Labute approximate surface area is 142 Å². The number of nitrogens with zero attached hydrogens (tertiary/aromatic N) is 4. The quantitative estimate of drug-likeness (QED) is 0.742. The van der Waals surface area contributed by atoms with E-state index < -0.39 is 11.9 Å². The van der Waals surface area contributed by atoms with Gasteiger partial charge in [-0.2, -0.15) is 4.52 Å². The molecule has 0 bridgehead atoms. The van der Waals surface area contributed by atoms with Crippen LogP contribution in [-0.4, -0.2) is 31.5 Å². The van der Waals surface area contributed by atoms with Gasteiger partial charge in [0.1, 0.15) is 11.6 Å². The average Bonchev–Trinajstić information content (AvgIpc) is 3.34. The molecule has 3 aromatic rings. The van der Waals surface area contributed by atoms with E-state index in [9.17, 15) is 9.50 Å². The number of benzene rings is 1. The predicted octanol–water partition coefficient (Wildman–Crippen LogP) is 2.94. The SMILES string of the molecule is OC(CNc1ccc2nnc(C3CC3)n2n1)c1ccc(Cl)c(F)c1. The van der Waals surface area contributed by atoms with E-state index in [4.69, 9.17) is 11.6 Å². The molecule has 0 amide bonds. The number of hydrogen-bond donors (Lipinski definition) is 2. The van der Waals surface area contributed by atoms with Crippen LogP contribution in [0.3, 0.4) is 0 Å². The van der Waals surface area contributed by atoms with Gasteiger partial charge >= 0.3 is 0 Å². The van der Waals surface area contributed by atoms with Gasteiger partial charge in [0.05, 0.1) is 11.1 Å². The first-order valence-corrected chi connectivity index (χ1v) is 8.09. The van der Waals surface area contributed by atoms with E-state index in [1.807, 2.05) is 6.07 Å². The molecule has 1 aliphatic carbocycles. The van der Waals surface area contributed by atoms with Crippen molar-refractivity contribution in [3.05, 3.63) is 52.6 Å². The van der Waals surface area contributed by atoms with Gasteiger partial charge in [0.2, 0.25) is 0 Å². The summed E-state index contributed by atoms with van der Waals surface area (Å²) in [7, 11) is 0. The number of halogens is 2. The first kappa shape index (κ1) is 15.3. The van der Waals surface area contributed by atoms with Crippen molar-refractivity contribution in [3.8, 4) is 0 Å². The van der Waals surface area contributed by atoms with Crippen molar-refractivity contribution < 1.29 is 9.50 Å². The molecule has 1 atom stereocenters. The van der Waals surface area contributed by atoms with Crippen LogP contribution in [0.25, 0.3) is 5.65 Å². The predicted molar refractivity (Wildman–Crippen MR) is 87.6 cm³/mol. The lowest BCUT2D eigenvalue weighted by Crippen LogP contribution is -2.14. The Morgan fingerprint density at radius 3 is 2.88 bits per heavy atom. The molecule has 0 saturated heterocycles. The second kappa shape index (κ2) is 5.99. The normalized spacial score (nSPS) is 15.6. The monoisotopic (exact) mass is 347 g/mol. The molecule has 6 nitrogen and oxygen atoms in total. The maximum atomic E-state index is 13.5. The summed E-state index contributed by atoms with van der Waals surface area (Å²) in [6, 6.07) is 7.85. The van der Waals surface area contributed by atoms with Crippen LogP contribution in [-0.2, 0) is 0 Å². The second-order valence-electron chi connectivity index (χ2n) is 5.89. The van der Waals surface area contributed by atoms with Gasteiger partial charge in [-0.1, -0.05) is 17.7 Å². The Kier molecular flexibility index (Phi) is 3.82. The summed E-state index contributed by atoms with van der Waals surface area (Å²) in [5.41, 5.74) is 1.15. The molecule has 1 aromatic carbocycles. The Hall–Kier alpha value is -2.25. The topological polar surface area (TPSA) is 75.3 Å². The number of anilines is 1. The number of aromatic nitrogens is 4. The minimum absolute atomic E-state index is 0.0336. The molecular formula is C16H15ClFN5O. The van der Waals surface area contributed by atoms with E-state index in [2.05, 4.69) is 20.6 Å². The van der Waals surface area contributed by atoms with Crippen molar-refractivity contribution in [1.82, 2.24) is 19.8 Å². The number of nitrogens with one attached hydrogen (secondary N) is 1. The summed E-state index contributed by atoms with van der Waals surface area (Å²) in [6.45, 7) is 0.195. The fourth-order valence-electron chi connectivity index (χ4n) is 2.53. The largest absolute Gasteiger partial charge is 0.387 e. The third-order valence-electron chi connectivity index (χ3n) is 4.03. The zero-order chi connectivity index (χ0) is 16.7. The van der Waals surface area contributed by atoms with Gasteiger partial charge in [-0.05, 0) is 42.7 Å². The first-order chi connectivity index (χ1) is 11.6. The summed E-state index contributed by atoms with van der Waals surface area (Å²) < 4.78 is 15.2. The van der Waals surface area contributed by atoms with Crippen LogP contribution < -0.4 is 5.32 Å². The smallest absolute Gasteiger partial charge is 0.178 e. The van der Waals surface area contributed by atoms with Crippen molar-refractivity contribution in [2.24, 2.45) is 0 Å². The molecule has 24 heavy (non-hydrogen) atoms. The van der Waals surface area contributed by atoms with Gasteiger partial charge in [-0.15, -0.1) is 15.3 Å². The number of fused-ring (bicyclic) bond motifs is 1. The van der Waals surface area contributed by atoms with Crippen LogP contribution in [0, 0.1) is 5.82 Å². The number of rotatable bonds is 5. The van der Waals surface area contributed by atoms with Gasteiger partial charge in [-0.25, -0.2) is 4.39 Å². The lowest BCUT2D eigenvalue weighted by molar-refractivity contribution is 0.191. The Bertz CT molecular complexity index is 895. The van der Waals surface area contributed by atoms with E-state index in [-0.39, 0.29) is 11.6 Å². The zero-order valence-corrected chi connectivity index (χ0v) is 13.4. The molecule has 124 valence electrons. The highest BCUT2D eigenvalue weighted by Crippen LogP contribution is 2.38. The molecule has 1 aliphatic rings. The molecule has 1 saturated carbocycles. The van der Waals surface area contributed by atoms with E-state index >= 15 is 0 Å². The Morgan fingerprint density at radius 1 is 1.29 bits per heavy atom. The molecular weight excluding hydrogens is 333 g/mol. The molecule has 1 fully saturated rings. The molecule has 0 spiro atoms. The molecule has 4 rings (SSSR count). The standard InChI is InChI=1S/C16H15ClFN5O/c17-11-4-3-10(7-12(11)18)13(24)8-19-14-5-6-15-20-21-16(9-1-2-9)23(15)22-14/h3-7,9,13,24H,1-2,8H2,(H,19,22). The second-order valence-corrected chi connectivity index (χ2v) is 6.30. The van der Waals surface area contributed by atoms with Gasteiger partial charge in [-0.3, -0.25) is 0 Å². The van der Waals surface area contributed by atoms with Crippen molar-refractivity contribution in [2.45, 2.75) is 24.9 Å². The van der Waals surface area contributed by atoms with Crippen molar-refractivity contribution in [2.75, 3.05) is 11.9 Å². The highest BCUT2D eigenvalue weighted by Gasteiger charge is 2.29. The lowest BCUT2D eigenvalue weighted by Gasteiger charge is -2.13. The third-order valence-corrected chi connectivity index (χ3v) is 4.34. The van der Waals surface area contributed by atoms with Gasteiger partial charge in [0.25, 0.3) is 0 Å². The van der Waals surface area contributed by atoms with Crippen molar-refractivity contribution >= 4 is 23.1 Å². The van der Waals surface area contributed by atoms with E-state index in [1.54, 1.807) is 16.6 Å². The van der Waals surface area contributed by atoms with E-state index in [1.165, 1.54) is 12.1 Å². The fourth-order valence-corrected chi connectivity index (χ4v) is 2.65. The number of hydrogen-bond acceptors (Lipinski definition) is 5. The summed E-state index contributed by atoms with van der Waals surface area (Å²) in [6.07, 6.45) is 1.35. The minimum Gasteiger partial charge on any atom is -0.387 e. The van der Waals surface area contributed by atoms with Crippen LogP contribution in [0.15, 0.2) is 30.3 Å². The summed E-state index contributed by atoms with van der Waals surface area (Å²) in [5, 5.41) is 26.0. The van der Waals surface area contributed by atoms with Crippen molar-refractivity contribution in [3.63, 3.8) is 0 Å². The Balaban J connectivity index is 1.49. The molecule has 0 radical (unpaired) electrons. The van der Waals surface area contributed by atoms with Crippen LogP contribution in [0.4, 0.5) is 10.2 Å². The summed E-state index contributed by atoms with van der Waals surface area (Å²) in [5.74, 6) is 1.35. The third kappa shape index (κ3) is 2.92. The van der Waals surface area contributed by atoms with Gasteiger partial charge in [0.15, 0.2) is 11.5 Å². The maximum absolute atomic E-state index is 13.5. The zero-order valence-electron chi connectivity index (χ0n) is 12.7. The van der Waals surface area contributed by atoms with E-state index in [0.717, 1.165) is 18.7 Å². The minimum atomic E-state index is -0.877. The molecule has 8 heteroatoms. The summed E-state index contributed by atoms with van der Waals surface area (Å²) >= 11 is 5.65. The van der Waals surface area contributed by atoms with Gasteiger partial charge < -0.3 is 10.4 Å². The molecule has 1 unspecified atom stereocenters. The first-order valence-electron chi connectivity index (χ1n) is 7.71. The number of aliphatic hydroxyl groups excluding tert-OH is 1. The van der Waals surface area contributed by atoms with Crippen LogP contribution in [0.1, 0.15) is 36.3 Å². The summed E-state index contributed by atoms with van der Waals surface area (Å²) in [4.78, 5) is 0. The highest BCUT2D eigenvalue weighted by atomic mass is 35.5.